The zero-order valence-electron chi connectivity index (χ0n) is 11.4. The summed E-state index contributed by atoms with van der Waals surface area (Å²) in [6.45, 7) is 6.31. The van der Waals surface area contributed by atoms with Crippen LogP contribution in [0.3, 0.4) is 0 Å². The van der Waals surface area contributed by atoms with E-state index in [0.29, 0.717) is 19.2 Å². The Balaban J connectivity index is 2.17. The van der Waals surface area contributed by atoms with Crippen molar-refractivity contribution in [2.24, 2.45) is 0 Å². The predicted molar refractivity (Wildman–Crippen MR) is 71.1 cm³/mol. The summed E-state index contributed by atoms with van der Waals surface area (Å²) in [6.07, 6.45) is 2.70. The second kappa shape index (κ2) is 6.12. The summed E-state index contributed by atoms with van der Waals surface area (Å²) >= 11 is 0. The molecule has 104 valence electrons. The number of hydrogen-bond donors (Lipinski definition) is 1. The van der Waals surface area contributed by atoms with Gasteiger partial charge in [-0.25, -0.2) is 9.78 Å². The van der Waals surface area contributed by atoms with Gasteiger partial charge >= 0.3 is 5.97 Å². The SMILES string of the molecule is CCC1COC(C)CN1Cc1cccnc1C(=O)O. The van der Waals surface area contributed by atoms with Gasteiger partial charge in [0.05, 0.1) is 12.7 Å². The number of rotatable bonds is 4. The van der Waals surface area contributed by atoms with E-state index in [-0.39, 0.29) is 11.8 Å². The molecular formula is C14H20N2O3. The lowest BCUT2D eigenvalue weighted by Gasteiger charge is -2.38. The number of morpholine rings is 1. The summed E-state index contributed by atoms with van der Waals surface area (Å²) in [6, 6.07) is 3.97. The second-order valence-electron chi connectivity index (χ2n) is 4.95. The van der Waals surface area contributed by atoms with Gasteiger partial charge < -0.3 is 9.84 Å². The Kier molecular flexibility index (Phi) is 4.50. The van der Waals surface area contributed by atoms with Crippen molar-refractivity contribution >= 4 is 5.97 Å². The van der Waals surface area contributed by atoms with Crippen LogP contribution in [0.5, 0.6) is 0 Å². The monoisotopic (exact) mass is 264 g/mol. The van der Waals surface area contributed by atoms with Gasteiger partial charge in [-0.05, 0) is 25.0 Å². The van der Waals surface area contributed by atoms with Crippen LogP contribution in [0.4, 0.5) is 0 Å². The zero-order chi connectivity index (χ0) is 13.8. The third-order valence-electron chi connectivity index (χ3n) is 3.52. The lowest BCUT2D eigenvalue weighted by molar-refractivity contribution is -0.0592. The van der Waals surface area contributed by atoms with E-state index in [1.807, 2.05) is 13.0 Å². The Labute approximate surface area is 113 Å². The van der Waals surface area contributed by atoms with Crippen molar-refractivity contribution in [3.05, 3.63) is 29.6 Å². The highest BCUT2D eigenvalue weighted by atomic mass is 16.5. The average Bonchev–Trinajstić information content (AvgIpc) is 2.39. The van der Waals surface area contributed by atoms with Gasteiger partial charge in [-0.3, -0.25) is 4.90 Å². The fraction of sp³-hybridized carbons (Fsp3) is 0.571. The molecule has 1 aromatic heterocycles. The Morgan fingerprint density at radius 3 is 3.11 bits per heavy atom. The topological polar surface area (TPSA) is 62.7 Å². The summed E-state index contributed by atoms with van der Waals surface area (Å²) < 4.78 is 5.65. The zero-order valence-corrected chi connectivity index (χ0v) is 11.4. The minimum atomic E-state index is -0.968. The Hall–Kier alpha value is -1.46. The van der Waals surface area contributed by atoms with Crippen molar-refractivity contribution in [2.75, 3.05) is 13.2 Å². The molecule has 2 heterocycles. The van der Waals surface area contributed by atoms with Crippen LogP contribution >= 0.6 is 0 Å². The minimum absolute atomic E-state index is 0.150. The van der Waals surface area contributed by atoms with Crippen LogP contribution in [0.1, 0.15) is 36.3 Å². The van der Waals surface area contributed by atoms with E-state index in [4.69, 9.17) is 9.84 Å². The van der Waals surface area contributed by atoms with E-state index >= 15 is 0 Å². The van der Waals surface area contributed by atoms with Crippen LogP contribution in [0.25, 0.3) is 0 Å². The molecule has 1 aliphatic rings. The van der Waals surface area contributed by atoms with Crippen LogP contribution in [0.2, 0.25) is 0 Å². The molecule has 5 heteroatoms. The summed E-state index contributed by atoms with van der Waals surface area (Å²) in [4.78, 5) is 17.4. The van der Waals surface area contributed by atoms with Gasteiger partial charge in [-0.1, -0.05) is 13.0 Å². The molecule has 1 aliphatic heterocycles. The number of hydrogen-bond acceptors (Lipinski definition) is 4. The van der Waals surface area contributed by atoms with Gasteiger partial charge in [-0.2, -0.15) is 0 Å². The van der Waals surface area contributed by atoms with Gasteiger partial charge in [0.2, 0.25) is 0 Å². The van der Waals surface area contributed by atoms with E-state index in [1.54, 1.807) is 6.07 Å². The van der Waals surface area contributed by atoms with Crippen molar-refractivity contribution in [1.82, 2.24) is 9.88 Å². The molecular weight excluding hydrogens is 244 g/mol. The Morgan fingerprint density at radius 1 is 1.63 bits per heavy atom. The minimum Gasteiger partial charge on any atom is -0.477 e. The first-order chi connectivity index (χ1) is 9.11. The fourth-order valence-electron chi connectivity index (χ4n) is 2.46. The Bertz CT molecular complexity index is 450. The first-order valence-electron chi connectivity index (χ1n) is 6.64. The van der Waals surface area contributed by atoms with E-state index < -0.39 is 5.97 Å². The molecule has 0 radical (unpaired) electrons. The Morgan fingerprint density at radius 2 is 2.42 bits per heavy atom. The number of carbonyl (C=O) groups is 1. The summed E-state index contributed by atoms with van der Waals surface area (Å²) in [7, 11) is 0. The first kappa shape index (κ1) is 14.0. The third kappa shape index (κ3) is 3.30. The highest BCUT2D eigenvalue weighted by Gasteiger charge is 2.26. The normalized spacial score (nSPS) is 24.3. The average molecular weight is 264 g/mol. The molecule has 0 aromatic carbocycles. The lowest BCUT2D eigenvalue weighted by atomic mass is 10.1. The number of ether oxygens (including phenoxy) is 1. The molecule has 1 saturated heterocycles. The second-order valence-corrected chi connectivity index (χ2v) is 4.95. The van der Waals surface area contributed by atoms with Crippen molar-refractivity contribution in [1.29, 1.82) is 0 Å². The van der Waals surface area contributed by atoms with Crippen molar-refractivity contribution < 1.29 is 14.6 Å². The lowest BCUT2D eigenvalue weighted by Crippen LogP contribution is -2.48. The van der Waals surface area contributed by atoms with Gasteiger partial charge in [0.25, 0.3) is 0 Å². The maximum absolute atomic E-state index is 11.2. The molecule has 0 bridgehead atoms. The van der Waals surface area contributed by atoms with Crippen LogP contribution < -0.4 is 0 Å². The van der Waals surface area contributed by atoms with Gasteiger partial charge in [-0.15, -0.1) is 0 Å². The van der Waals surface area contributed by atoms with Crippen LogP contribution in [-0.2, 0) is 11.3 Å². The number of carboxylic acids is 1. The largest absolute Gasteiger partial charge is 0.477 e. The number of carboxylic acid groups (broad SMARTS) is 1. The van der Waals surface area contributed by atoms with E-state index in [0.717, 1.165) is 18.5 Å². The predicted octanol–water partition coefficient (Wildman–Crippen LogP) is 1.78. The smallest absolute Gasteiger partial charge is 0.354 e. The third-order valence-corrected chi connectivity index (χ3v) is 3.52. The molecule has 19 heavy (non-hydrogen) atoms. The number of aromatic carboxylic acids is 1. The molecule has 0 amide bonds. The summed E-state index contributed by atoms with van der Waals surface area (Å²) in [5, 5.41) is 9.16. The first-order valence-corrected chi connectivity index (χ1v) is 6.64. The van der Waals surface area contributed by atoms with Crippen molar-refractivity contribution in [3.63, 3.8) is 0 Å². The standard InChI is InChI=1S/C14H20N2O3/c1-3-12-9-19-10(2)7-16(12)8-11-5-4-6-15-13(11)14(17)18/h4-6,10,12H,3,7-9H2,1-2H3,(H,17,18). The summed E-state index contributed by atoms with van der Waals surface area (Å²) in [5.74, 6) is -0.968. The molecule has 2 unspecified atom stereocenters. The van der Waals surface area contributed by atoms with Crippen molar-refractivity contribution in [2.45, 2.75) is 39.0 Å². The van der Waals surface area contributed by atoms with E-state index in [9.17, 15) is 4.79 Å². The highest BCUT2D eigenvalue weighted by Crippen LogP contribution is 2.18. The van der Waals surface area contributed by atoms with Crippen LogP contribution in [0, 0.1) is 0 Å². The maximum atomic E-state index is 11.2. The molecule has 2 atom stereocenters. The van der Waals surface area contributed by atoms with E-state index in [2.05, 4.69) is 16.8 Å². The van der Waals surface area contributed by atoms with E-state index in [1.165, 1.54) is 6.20 Å². The fourth-order valence-corrected chi connectivity index (χ4v) is 2.46. The highest BCUT2D eigenvalue weighted by molar-refractivity contribution is 5.86. The van der Waals surface area contributed by atoms with Gasteiger partial charge in [0, 0.05) is 25.3 Å². The molecule has 0 spiro atoms. The van der Waals surface area contributed by atoms with Gasteiger partial charge in [0.15, 0.2) is 5.69 Å². The van der Waals surface area contributed by atoms with Crippen molar-refractivity contribution in [3.8, 4) is 0 Å². The molecule has 1 aromatic rings. The quantitative estimate of drug-likeness (QED) is 0.898. The van der Waals surface area contributed by atoms with Gasteiger partial charge in [0.1, 0.15) is 0 Å². The molecule has 0 aliphatic carbocycles. The number of nitrogens with zero attached hydrogens (tertiary/aromatic N) is 2. The maximum Gasteiger partial charge on any atom is 0.354 e. The molecule has 2 rings (SSSR count). The molecule has 0 saturated carbocycles. The molecule has 5 nitrogen and oxygen atoms in total. The van der Waals surface area contributed by atoms with Crippen LogP contribution in [-0.4, -0.2) is 46.3 Å². The molecule has 1 N–H and O–H groups in total. The van der Waals surface area contributed by atoms with Crippen LogP contribution in [0.15, 0.2) is 18.3 Å². The molecule has 1 fully saturated rings. The number of aromatic nitrogens is 1. The summed E-state index contributed by atoms with van der Waals surface area (Å²) in [5.41, 5.74) is 0.916. The number of pyridine rings is 1.